The summed E-state index contributed by atoms with van der Waals surface area (Å²) in [4.78, 5) is 21.5. The summed E-state index contributed by atoms with van der Waals surface area (Å²) in [5.41, 5.74) is 3.13. The van der Waals surface area contributed by atoms with Gasteiger partial charge in [0.25, 0.3) is 5.91 Å². The molecule has 1 aliphatic heterocycles. The minimum atomic E-state index is -0.959. The number of aliphatic imine (C=N–C) groups is 1. The zero-order chi connectivity index (χ0) is 22.4. The Morgan fingerprint density at radius 2 is 2.00 bits per heavy atom. The fourth-order valence-electron chi connectivity index (χ4n) is 3.85. The Morgan fingerprint density at radius 3 is 2.81 bits per heavy atom. The molecule has 0 radical (unpaired) electrons. The summed E-state index contributed by atoms with van der Waals surface area (Å²) in [5.74, 6) is -2.18. The van der Waals surface area contributed by atoms with Crippen molar-refractivity contribution in [2.45, 2.75) is 6.54 Å². The van der Waals surface area contributed by atoms with Crippen LogP contribution in [0.5, 0.6) is 5.75 Å². The molecule has 1 N–H and O–H groups in total. The fourth-order valence-corrected chi connectivity index (χ4v) is 3.85. The van der Waals surface area contributed by atoms with Gasteiger partial charge in [-0.25, -0.2) is 8.78 Å². The van der Waals surface area contributed by atoms with E-state index in [4.69, 9.17) is 4.74 Å². The molecule has 32 heavy (non-hydrogen) atoms. The van der Waals surface area contributed by atoms with Crippen LogP contribution < -0.4 is 10.1 Å². The molecule has 4 aromatic rings. The predicted octanol–water partition coefficient (Wildman–Crippen LogP) is 3.86. The van der Waals surface area contributed by atoms with Crippen LogP contribution in [-0.2, 0) is 13.6 Å². The number of rotatable bonds is 4. The molecule has 160 valence electrons. The number of carbonyl (C=O) groups is 1. The number of carbonyl (C=O) groups excluding carboxylic acids is 1. The SMILES string of the molecule is COc1ccncc1C1=NCc2ccc(NC(=O)c3c(F)cc4c(cnn4C)c3F)cc21. The van der Waals surface area contributed by atoms with Crippen LogP contribution >= 0.6 is 0 Å². The van der Waals surface area contributed by atoms with E-state index < -0.39 is 23.1 Å². The van der Waals surface area contributed by atoms with Crippen molar-refractivity contribution in [3.05, 3.63) is 82.8 Å². The Kier molecular flexibility index (Phi) is 4.66. The van der Waals surface area contributed by atoms with E-state index in [0.29, 0.717) is 23.7 Å². The van der Waals surface area contributed by atoms with Gasteiger partial charge in [-0.15, -0.1) is 0 Å². The van der Waals surface area contributed by atoms with Crippen LogP contribution in [0.15, 0.2) is 53.9 Å². The van der Waals surface area contributed by atoms with Crippen molar-refractivity contribution in [1.82, 2.24) is 14.8 Å². The average Bonchev–Trinajstić information content (AvgIpc) is 3.37. The van der Waals surface area contributed by atoms with Gasteiger partial charge in [0.2, 0.25) is 0 Å². The molecule has 0 unspecified atom stereocenters. The summed E-state index contributed by atoms with van der Waals surface area (Å²) in [6.07, 6.45) is 4.55. The van der Waals surface area contributed by atoms with Crippen LogP contribution in [-0.4, -0.2) is 33.5 Å². The predicted molar refractivity (Wildman–Crippen MR) is 115 cm³/mol. The number of nitrogens with zero attached hydrogens (tertiary/aromatic N) is 4. The summed E-state index contributed by atoms with van der Waals surface area (Å²) in [6, 6.07) is 8.06. The van der Waals surface area contributed by atoms with Crippen molar-refractivity contribution in [3.8, 4) is 5.75 Å². The maximum Gasteiger partial charge on any atom is 0.261 e. The van der Waals surface area contributed by atoms with E-state index in [9.17, 15) is 13.6 Å². The Hall–Kier alpha value is -4.14. The summed E-state index contributed by atoms with van der Waals surface area (Å²) in [5, 5.41) is 6.59. The van der Waals surface area contributed by atoms with E-state index in [2.05, 4.69) is 20.4 Å². The third kappa shape index (κ3) is 3.09. The number of nitrogens with one attached hydrogen (secondary N) is 1. The molecular formula is C23H17F2N5O2. The molecule has 0 bridgehead atoms. The molecule has 0 fully saturated rings. The molecule has 7 nitrogen and oxygen atoms in total. The molecule has 0 spiro atoms. The van der Waals surface area contributed by atoms with E-state index in [1.807, 2.05) is 6.07 Å². The van der Waals surface area contributed by atoms with E-state index in [0.717, 1.165) is 22.8 Å². The molecule has 0 aliphatic carbocycles. The Morgan fingerprint density at radius 1 is 1.16 bits per heavy atom. The van der Waals surface area contributed by atoms with Gasteiger partial charge in [-0.05, 0) is 23.8 Å². The van der Waals surface area contributed by atoms with Crippen molar-refractivity contribution in [2.24, 2.45) is 12.0 Å². The van der Waals surface area contributed by atoms with Gasteiger partial charge in [-0.2, -0.15) is 5.10 Å². The zero-order valence-electron chi connectivity index (χ0n) is 17.2. The number of ether oxygens (including phenoxy) is 1. The molecular weight excluding hydrogens is 416 g/mol. The smallest absolute Gasteiger partial charge is 0.261 e. The van der Waals surface area contributed by atoms with Crippen LogP contribution in [0.4, 0.5) is 14.5 Å². The first kappa shape index (κ1) is 19.8. The number of halogens is 2. The second-order valence-corrected chi connectivity index (χ2v) is 7.32. The number of amides is 1. The molecule has 2 aromatic heterocycles. The lowest BCUT2D eigenvalue weighted by atomic mass is 10.00. The second-order valence-electron chi connectivity index (χ2n) is 7.32. The van der Waals surface area contributed by atoms with Crippen molar-refractivity contribution in [2.75, 3.05) is 12.4 Å². The molecule has 9 heteroatoms. The third-order valence-corrected chi connectivity index (χ3v) is 5.46. The van der Waals surface area contributed by atoms with E-state index in [1.165, 1.54) is 10.9 Å². The largest absolute Gasteiger partial charge is 0.496 e. The van der Waals surface area contributed by atoms with Crippen LogP contribution in [0.2, 0.25) is 0 Å². The monoisotopic (exact) mass is 433 g/mol. The topological polar surface area (TPSA) is 81.4 Å². The molecule has 2 aromatic carbocycles. The molecule has 0 saturated carbocycles. The summed E-state index contributed by atoms with van der Waals surface area (Å²) < 4.78 is 36.2. The van der Waals surface area contributed by atoms with Crippen LogP contribution in [0, 0.1) is 11.6 Å². The van der Waals surface area contributed by atoms with E-state index in [-0.39, 0.29) is 10.9 Å². The van der Waals surface area contributed by atoms with Crippen molar-refractivity contribution >= 4 is 28.2 Å². The maximum atomic E-state index is 14.9. The van der Waals surface area contributed by atoms with Crippen LogP contribution in [0.25, 0.3) is 10.9 Å². The quantitative estimate of drug-likeness (QED) is 0.530. The molecule has 0 saturated heterocycles. The zero-order valence-corrected chi connectivity index (χ0v) is 17.2. The van der Waals surface area contributed by atoms with E-state index >= 15 is 0 Å². The number of hydrogen-bond acceptors (Lipinski definition) is 5. The lowest BCUT2D eigenvalue weighted by Crippen LogP contribution is -2.16. The van der Waals surface area contributed by atoms with Gasteiger partial charge in [-0.3, -0.25) is 19.5 Å². The number of benzene rings is 2. The molecule has 0 atom stereocenters. The minimum absolute atomic E-state index is 0.0751. The van der Waals surface area contributed by atoms with Crippen molar-refractivity contribution in [3.63, 3.8) is 0 Å². The van der Waals surface area contributed by atoms with Gasteiger partial charge in [-0.1, -0.05) is 6.07 Å². The van der Waals surface area contributed by atoms with Crippen LogP contribution in [0.1, 0.15) is 27.0 Å². The van der Waals surface area contributed by atoms with Gasteiger partial charge in [0.05, 0.1) is 42.0 Å². The van der Waals surface area contributed by atoms with Crippen molar-refractivity contribution in [1.29, 1.82) is 0 Å². The first-order valence-electron chi connectivity index (χ1n) is 9.75. The normalized spacial score (nSPS) is 12.6. The lowest BCUT2D eigenvalue weighted by molar-refractivity contribution is 0.101. The Labute approximate surface area is 181 Å². The maximum absolute atomic E-state index is 14.9. The molecule has 5 rings (SSSR count). The number of fused-ring (bicyclic) bond motifs is 2. The fraction of sp³-hybridized carbons (Fsp3) is 0.130. The highest BCUT2D eigenvalue weighted by atomic mass is 19.1. The highest BCUT2D eigenvalue weighted by Crippen LogP contribution is 2.30. The average molecular weight is 433 g/mol. The third-order valence-electron chi connectivity index (χ3n) is 5.46. The Balaban J connectivity index is 1.49. The van der Waals surface area contributed by atoms with Gasteiger partial charge >= 0.3 is 0 Å². The lowest BCUT2D eigenvalue weighted by Gasteiger charge is -2.12. The van der Waals surface area contributed by atoms with Gasteiger partial charge in [0.1, 0.15) is 22.9 Å². The summed E-state index contributed by atoms with van der Waals surface area (Å²) in [6.45, 7) is 0.470. The molecule has 3 heterocycles. The van der Waals surface area contributed by atoms with E-state index in [1.54, 1.807) is 44.8 Å². The second kappa shape index (κ2) is 7.52. The van der Waals surface area contributed by atoms with Gasteiger partial charge < -0.3 is 10.1 Å². The summed E-state index contributed by atoms with van der Waals surface area (Å²) in [7, 11) is 3.13. The number of anilines is 1. The first-order chi connectivity index (χ1) is 15.5. The first-order valence-corrected chi connectivity index (χ1v) is 9.75. The van der Waals surface area contributed by atoms with Crippen molar-refractivity contribution < 1.29 is 18.3 Å². The number of methoxy groups -OCH3 is 1. The molecule has 1 aliphatic rings. The number of hydrogen-bond donors (Lipinski definition) is 1. The minimum Gasteiger partial charge on any atom is -0.496 e. The van der Waals surface area contributed by atoms with Gasteiger partial charge in [0.15, 0.2) is 0 Å². The standard InChI is InChI=1S/C23H17F2N5O2/c1-30-18-8-17(24)20(21(25)15(18)11-28-30)23(31)29-13-4-3-12-9-27-22(14(12)7-13)16-10-26-6-5-19(16)32-2/h3-8,10-11H,9H2,1-2H3,(H,29,31). The molecule has 1 amide bonds. The highest BCUT2D eigenvalue weighted by Gasteiger charge is 2.24. The number of aromatic nitrogens is 3. The highest BCUT2D eigenvalue weighted by molar-refractivity contribution is 6.17. The van der Waals surface area contributed by atoms with Crippen LogP contribution in [0.3, 0.4) is 0 Å². The summed E-state index contributed by atoms with van der Waals surface area (Å²) >= 11 is 0. The Bertz CT molecular complexity index is 1430. The number of pyridine rings is 1. The van der Waals surface area contributed by atoms with Gasteiger partial charge in [0, 0.05) is 36.8 Å². The number of aryl methyl sites for hydroxylation is 1.